The molecule has 0 spiro atoms. The van der Waals surface area contributed by atoms with Crippen molar-refractivity contribution in [2.45, 2.75) is 27.7 Å². The van der Waals surface area contributed by atoms with Crippen molar-refractivity contribution in [2.24, 2.45) is 0 Å². The molecule has 0 aromatic heterocycles. The van der Waals surface area contributed by atoms with Gasteiger partial charge in [-0.1, -0.05) is 19.9 Å². The molecule has 0 saturated carbocycles. The Kier molecular flexibility index (Phi) is 6.05. The number of rotatable bonds is 1. The Morgan fingerprint density at radius 2 is 1.80 bits per heavy atom. The molecule has 0 aliphatic carbocycles. The Hall–Kier alpha value is -2.02. The molecule has 0 radical (unpaired) electrons. The van der Waals surface area contributed by atoms with Crippen molar-refractivity contribution in [3.05, 3.63) is 29.3 Å². The van der Waals surface area contributed by atoms with E-state index in [0.29, 0.717) is 5.56 Å². The first-order chi connectivity index (χ1) is 9.61. The van der Waals surface area contributed by atoms with Gasteiger partial charge in [-0.25, -0.2) is 0 Å². The van der Waals surface area contributed by atoms with Gasteiger partial charge in [0.05, 0.1) is 11.3 Å². The highest BCUT2D eigenvalue weighted by Gasteiger charge is 2.20. The molecule has 0 N–H and O–H groups in total. The third-order valence-corrected chi connectivity index (χ3v) is 3.34. The third-order valence-electron chi connectivity index (χ3n) is 3.34. The molecule has 4 nitrogen and oxygen atoms in total. The maximum atomic E-state index is 11.3. The Morgan fingerprint density at radius 3 is 2.30 bits per heavy atom. The lowest BCUT2D eigenvalue weighted by molar-refractivity contribution is -0.129. The van der Waals surface area contributed by atoms with Crippen LogP contribution in [0.2, 0.25) is 0 Å². The molecule has 1 aliphatic rings. The fourth-order valence-corrected chi connectivity index (χ4v) is 2.26. The van der Waals surface area contributed by atoms with Crippen LogP contribution in [0.3, 0.4) is 0 Å². The number of hydrogen-bond acceptors (Lipinski definition) is 3. The van der Waals surface area contributed by atoms with Gasteiger partial charge < -0.3 is 9.80 Å². The number of anilines is 1. The van der Waals surface area contributed by atoms with E-state index in [9.17, 15) is 4.79 Å². The van der Waals surface area contributed by atoms with E-state index in [1.807, 2.05) is 43.9 Å². The van der Waals surface area contributed by atoms with Crippen LogP contribution in [0.1, 0.15) is 31.9 Å². The van der Waals surface area contributed by atoms with Gasteiger partial charge in [0.1, 0.15) is 6.07 Å². The zero-order valence-corrected chi connectivity index (χ0v) is 12.8. The van der Waals surface area contributed by atoms with Crippen LogP contribution in [-0.4, -0.2) is 37.0 Å². The lowest BCUT2D eigenvalue weighted by Crippen LogP contribution is -2.48. The van der Waals surface area contributed by atoms with E-state index in [2.05, 4.69) is 11.0 Å². The standard InChI is InChI=1S/C14H17N3O.C2H6/c1-11-3-4-13(10-15)14(9-11)17-7-5-16(6-8-17)12(2)18;1-2/h3-4,9H,5-8H2,1-2H3;1-2H3. The second-order valence-electron chi connectivity index (χ2n) is 4.63. The minimum atomic E-state index is 0.124. The molecule has 20 heavy (non-hydrogen) atoms. The molecule has 0 bridgehead atoms. The van der Waals surface area contributed by atoms with Gasteiger partial charge in [0.2, 0.25) is 5.91 Å². The van der Waals surface area contributed by atoms with Crippen LogP contribution in [0, 0.1) is 18.3 Å². The molecule has 1 fully saturated rings. The second kappa shape index (κ2) is 7.54. The molecule has 2 rings (SSSR count). The second-order valence-corrected chi connectivity index (χ2v) is 4.63. The van der Waals surface area contributed by atoms with E-state index in [-0.39, 0.29) is 5.91 Å². The average molecular weight is 273 g/mol. The maximum Gasteiger partial charge on any atom is 0.219 e. The van der Waals surface area contributed by atoms with Gasteiger partial charge in [-0.2, -0.15) is 5.26 Å². The van der Waals surface area contributed by atoms with E-state index in [1.165, 1.54) is 0 Å². The zero-order chi connectivity index (χ0) is 15.1. The molecule has 1 aliphatic heterocycles. The largest absolute Gasteiger partial charge is 0.367 e. The lowest BCUT2D eigenvalue weighted by atomic mass is 10.1. The molecular weight excluding hydrogens is 250 g/mol. The van der Waals surface area contributed by atoms with Crippen molar-refractivity contribution in [1.29, 1.82) is 5.26 Å². The van der Waals surface area contributed by atoms with Crippen LogP contribution in [0.4, 0.5) is 5.69 Å². The quantitative estimate of drug-likeness (QED) is 0.790. The van der Waals surface area contributed by atoms with Crippen LogP contribution < -0.4 is 4.90 Å². The molecule has 0 atom stereocenters. The van der Waals surface area contributed by atoms with E-state index >= 15 is 0 Å². The fraction of sp³-hybridized carbons (Fsp3) is 0.500. The van der Waals surface area contributed by atoms with Crippen molar-refractivity contribution in [3.8, 4) is 6.07 Å². The van der Waals surface area contributed by atoms with E-state index in [4.69, 9.17) is 5.26 Å². The summed E-state index contributed by atoms with van der Waals surface area (Å²) in [5.41, 5.74) is 2.84. The highest BCUT2D eigenvalue weighted by molar-refractivity contribution is 5.73. The Bertz CT molecular complexity index is 497. The van der Waals surface area contributed by atoms with Crippen LogP contribution in [0.15, 0.2) is 18.2 Å². The smallest absolute Gasteiger partial charge is 0.219 e. The zero-order valence-electron chi connectivity index (χ0n) is 12.8. The third kappa shape index (κ3) is 3.74. The number of nitrogens with zero attached hydrogens (tertiary/aromatic N) is 3. The maximum absolute atomic E-state index is 11.3. The topological polar surface area (TPSA) is 47.3 Å². The monoisotopic (exact) mass is 273 g/mol. The first-order valence-corrected chi connectivity index (χ1v) is 7.13. The molecule has 108 valence electrons. The first-order valence-electron chi connectivity index (χ1n) is 7.13. The highest BCUT2D eigenvalue weighted by atomic mass is 16.2. The highest BCUT2D eigenvalue weighted by Crippen LogP contribution is 2.22. The fourth-order valence-electron chi connectivity index (χ4n) is 2.26. The minimum Gasteiger partial charge on any atom is -0.367 e. The predicted octanol–water partition coefficient (Wildman–Crippen LogP) is 2.56. The van der Waals surface area contributed by atoms with Crippen molar-refractivity contribution in [2.75, 3.05) is 31.1 Å². The number of nitriles is 1. The number of aryl methyl sites for hydroxylation is 1. The molecule has 1 saturated heterocycles. The number of piperazine rings is 1. The van der Waals surface area contributed by atoms with E-state index in [0.717, 1.165) is 37.4 Å². The molecular formula is C16H23N3O. The van der Waals surface area contributed by atoms with Crippen molar-refractivity contribution in [1.82, 2.24) is 4.90 Å². The number of carbonyl (C=O) groups is 1. The summed E-state index contributed by atoms with van der Waals surface area (Å²) in [7, 11) is 0. The number of carbonyl (C=O) groups excluding carboxylic acids is 1. The van der Waals surface area contributed by atoms with E-state index < -0.39 is 0 Å². The normalized spacial score (nSPS) is 14.2. The van der Waals surface area contributed by atoms with Gasteiger partial charge in [-0.15, -0.1) is 0 Å². The summed E-state index contributed by atoms with van der Waals surface area (Å²) in [6.07, 6.45) is 0. The summed E-state index contributed by atoms with van der Waals surface area (Å²) >= 11 is 0. The lowest BCUT2D eigenvalue weighted by Gasteiger charge is -2.36. The summed E-state index contributed by atoms with van der Waals surface area (Å²) < 4.78 is 0. The van der Waals surface area contributed by atoms with Crippen molar-refractivity contribution >= 4 is 11.6 Å². The van der Waals surface area contributed by atoms with Crippen LogP contribution in [0.5, 0.6) is 0 Å². The summed E-state index contributed by atoms with van der Waals surface area (Å²) in [5, 5.41) is 9.14. The number of amides is 1. The number of benzene rings is 1. The minimum absolute atomic E-state index is 0.124. The van der Waals surface area contributed by atoms with Crippen LogP contribution >= 0.6 is 0 Å². The van der Waals surface area contributed by atoms with E-state index in [1.54, 1.807) is 6.92 Å². The molecule has 1 aromatic carbocycles. The molecule has 0 unspecified atom stereocenters. The predicted molar refractivity (Wildman–Crippen MR) is 81.7 cm³/mol. The first kappa shape index (κ1) is 16.0. The molecule has 1 aromatic rings. The van der Waals surface area contributed by atoms with Gasteiger partial charge in [-0.05, 0) is 24.6 Å². The Balaban J connectivity index is 0.000000956. The summed E-state index contributed by atoms with van der Waals surface area (Å²) in [5.74, 6) is 0.124. The van der Waals surface area contributed by atoms with Gasteiger partial charge in [-0.3, -0.25) is 4.79 Å². The Labute approximate surface area is 121 Å². The average Bonchev–Trinajstić information content (AvgIpc) is 2.49. The summed E-state index contributed by atoms with van der Waals surface area (Å²) in [6, 6.07) is 8.09. The van der Waals surface area contributed by atoms with Crippen LogP contribution in [-0.2, 0) is 4.79 Å². The molecule has 1 amide bonds. The number of hydrogen-bond donors (Lipinski definition) is 0. The van der Waals surface area contributed by atoms with Gasteiger partial charge in [0.25, 0.3) is 0 Å². The summed E-state index contributed by atoms with van der Waals surface area (Å²) in [6.45, 7) is 10.7. The SMILES string of the molecule is CC.CC(=O)N1CCN(c2cc(C)ccc2C#N)CC1. The van der Waals surface area contributed by atoms with Crippen molar-refractivity contribution < 1.29 is 4.79 Å². The van der Waals surface area contributed by atoms with Crippen LogP contribution in [0.25, 0.3) is 0 Å². The Morgan fingerprint density at radius 1 is 1.20 bits per heavy atom. The molecule has 4 heteroatoms. The summed E-state index contributed by atoms with van der Waals surface area (Å²) in [4.78, 5) is 15.3. The van der Waals surface area contributed by atoms with Gasteiger partial charge >= 0.3 is 0 Å². The van der Waals surface area contributed by atoms with Crippen molar-refractivity contribution in [3.63, 3.8) is 0 Å². The molecule has 1 heterocycles. The van der Waals surface area contributed by atoms with Gasteiger partial charge in [0, 0.05) is 33.1 Å². The van der Waals surface area contributed by atoms with Gasteiger partial charge in [0.15, 0.2) is 0 Å².